The lowest BCUT2D eigenvalue weighted by molar-refractivity contribution is 0.112. The quantitative estimate of drug-likeness (QED) is 0.637. The van der Waals surface area contributed by atoms with Gasteiger partial charge in [0.25, 0.3) is 0 Å². The number of carbonyl (C=O) groups excluding carboxylic acids is 1. The minimum absolute atomic E-state index is 0.557. The van der Waals surface area contributed by atoms with Gasteiger partial charge in [0.1, 0.15) is 6.29 Å². The van der Waals surface area contributed by atoms with Crippen molar-refractivity contribution in [1.82, 2.24) is 4.57 Å². The number of hydrogen-bond donors (Lipinski definition) is 0. The number of benzene rings is 2. The van der Waals surface area contributed by atoms with E-state index in [0.29, 0.717) is 5.92 Å². The van der Waals surface area contributed by atoms with E-state index in [1.165, 1.54) is 16.5 Å². The van der Waals surface area contributed by atoms with Crippen LogP contribution in [0.4, 0.5) is 0 Å². The van der Waals surface area contributed by atoms with Gasteiger partial charge in [0.15, 0.2) is 0 Å². The van der Waals surface area contributed by atoms with Gasteiger partial charge < -0.3 is 4.57 Å². The van der Waals surface area contributed by atoms with Crippen LogP contribution in [-0.4, -0.2) is 10.9 Å². The average molecular weight is 277 g/mol. The first-order valence-corrected chi connectivity index (χ1v) is 7.30. The average Bonchev–Trinajstić information content (AvgIpc) is 2.90. The maximum Gasteiger partial charge on any atom is 0.150 e. The number of rotatable bonds is 4. The van der Waals surface area contributed by atoms with Crippen molar-refractivity contribution < 1.29 is 4.79 Å². The van der Waals surface area contributed by atoms with Crippen molar-refractivity contribution >= 4 is 17.2 Å². The van der Waals surface area contributed by atoms with Crippen LogP contribution in [0.25, 0.3) is 10.9 Å². The number of carbonyl (C=O) groups is 1. The van der Waals surface area contributed by atoms with E-state index >= 15 is 0 Å². The molecule has 3 rings (SSSR count). The van der Waals surface area contributed by atoms with Gasteiger partial charge in [-0.1, -0.05) is 50.2 Å². The Bertz CT molecular complexity index is 766. The molecule has 0 spiro atoms. The van der Waals surface area contributed by atoms with Gasteiger partial charge in [0, 0.05) is 23.8 Å². The van der Waals surface area contributed by atoms with Gasteiger partial charge in [0.2, 0.25) is 0 Å². The fourth-order valence-corrected chi connectivity index (χ4v) is 2.62. The second-order valence-corrected chi connectivity index (χ2v) is 5.78. The summed E-state index contributed by atoms with van der Waals surface area (Å²) in [5, 5.41) is 1.17. The highest BCUT2D eigenvalue weighted by atomic mass is 16.1. The fraction of sp³-hybridized carbons (Fsp3) is 0.211. The highest BCUT2D eigenvalue weighted by Gasteiger charge is 2.04. The zero-order valence-electron chi connectivity index (χ0n) is 12.4. The fourth-order valence-electron chi connectivity index (χ4n) is 2.62. The van der Waals surface area contributed by atoms with E-state index in [-0.39, 0.29) is 0 Å². The first-order chi connectivity index (χ1) is 10.2. The molecule has 3 aromatic rings. The Balaban J connectivity index is 1.92. The van der Waals surface area contributed by atoms with Crippen LogP contribution >= 0.6 is 0 Å². The molecule has 0 aliphatic carbocycles. The smallest absolute Gasteiger partial charge is 0.150 e. The highest BCUT2D eigenvalue weighted by Crippen LogP contribution is 2.20. The Morgan fingerprint density at radius 1 is 1.05 bits per heavy atom. The topological polar surface area (TPSA) is 22.0 Å². The monoisotopic (exact) mass is 277 g/mol. The Kier molecular flexibility index (Phi) is 3.61. The van der Waals surface area contributed by atoms with Crippen LogP contribution < -0.4 is 0 Å². The standard InChI is InChI=1S/C19H19NO/c1-14(2)17-6-3-15(4-7-17)12-20-10-9-18-8-5-16(13-21)11-19(18)20/h3-11,13-14H,12H2,1-2H3. The largest absolute Gasteiger partial charge is 0.343 e. The molecule has 0 saturated heterocycles. The molecule has 0 amide bonds. The summed E-state index contributed by atoms with van der Waals surface area (Å²) in [6.45, 7) is 5.23. The molecule has 0 N–H and O–H groups in total. The second kappa shape index (κ2) is 5.57. The predicted molar refractivity (Wildman–Crippen MR) is 87.0 cm³/mol. The van der Waals surface area contributed by atoms with Crippen LogP contribution in [0.3, 0.4) is 0 Å². The molecule has 0 saturated carbocycles. The number of aldehydes is 1. The van der Waals surface area contributed by atoms with Crippen molar-refractivity contribution in [3.05, 3.63) is 71.4 Å². The first kappa shape index (κ1) is 13.6. The molecule has 0 bridgehead atoms. The van der Waals surface area contributed by atoms with E-state index in [4.69, 9.17) is 0 Å². The minimum Gasteiger partial charge on any atom is -0.343 e. The molecule has 2 aromatic carbocycles. The van der Waals surface area contributed by atoms with Crippen LogP contribution in [0, 0.1) is 0 Å². The molecular formula is C19H19NO. The Morgan fingerprint density at radius 2 is 1.81 bits per heavy atom. The van der Waals surface area contributed by atoms with E-state index in [1.807, 2.05) is 18.2 Å². The summed E-state index contributed by atoms with van der Waals surface area (Å²) in [5.41, 5.74) is 4.46. The molecule has 21 heavy (non-hydrogen) atoms. The van der Waals surface area contributed by atoms with Gasteiger partial charge in [-0.2, -0.15) is 0 Å². The van der Waals surface area contributed by atoms with Crippen molar-refractivity contribution in [2.45, 2.75) is 26.3 Å². The third kappa shape index (κ3) is 2.75. The zero-order valence-corrected chi connectivity index (χ0v) is 12.4. The molecule has 106 valence electrons. The summed E-state index contributed by atoms with van der Waals surface area (Å²) in [7, 11) is 0. The van der Waals surface area contributed by atoms with Crippen LogP contribution in [0.1, 0.15) is 41.3 Å². The second-order valence-electron chi connectivity index (χ2n) is 5.78. The maximum absolute atomic E-state index is 10.9. The Labute approximate surface area is 125 Å². The third-order valence-electron chi connectivity index (χ3n) is 3.93. The molecule has 2 nitrogen and oxygen atoms in total. The number of aromatic nitrogens is 1. The van der Waals surface area contributed by atoms with Crippen molar-refractivity contribution in [3.63, 3.8) is 0 Å². The number of fused-ring (bicyclic) bond motifs is 1. The molecule has 0 fully saturated rings. The van der Waals surface area contributed by atoms with Gasteiger partial charge in [0.05, 0.1) is 0 Å². The molecule has 0 atom stereocenters. The lowest BCUT2D eigenvalue weighted by atomic mass is 10.0. The lowest BCUT2D eigenvalue weighted by Crippen LogP contribution is -1.98. The van der Waals surface area contributed by atoms with Gasteiger partial charge in [-0.05, 0) is 34.6 Å². The molecule has 0 aliphatic heterocycles. The normalized spacial score (nSPS) is 11.2. The predicted octanol–water partition coefficient (Wildman–Crippen LogP) is 4.63. The summed E-state index contributed by atoms with van der Waals surface area (Å²) in [5.74, 6) is 0.557. The van der Waals surface area contributed by atoms with Gasteiger partial charge in [-0.3, -0.25) is 4.79 Å². The minimum atomic E-state index is 0.557. The summed E-state index contributed by atoms with van der Waals surface area (Å²) in [6, 6.07) is 16.7. The van der Waals surface area contributed by atoms with Crippen LogP contribution in [-0.2, 0) is 6.54 Å². The van der Waals surface area contributed by atoms with Crippen molar-refractivity contribution in [2.75, 3.05) is 0 Å². The van der Waals surface area contributed by atoms with E-state index in [0.717, 1.165) is 23.9 Å². The summed E-state index contributed by atoms with van der Waals surface area (Å²) < 4.78 is 2.19. The van der Waals surface area contributed by atoms with Crippen LogP contribution in [0.5, 0.6) is 0 Å². The van der Waals surface area contributed by atoms with Crippen LogP contribution in [0.15, 0.2) is 54.7 Å². The van der Waals surface area contributed by atoms with Gasteiger partial charge in [-0.15, -0.1) is 0 Å². The summed E-state index contributed by atoms with van der Waals surface area (Å²) in [4.78, 5) is 10.9. The first-order valence-electron chi connectivity index (χ1n) is 7.30. The highest BCUT2D eigenvalue weighted by molar-refractivity contribution is 5.87. The number of nitrogens with zero attached hydrogens (tertiary/aromatic N) is 1. The summed E-state index contributed by atoms with van der Waals surface area (Å²) in [6.07, 6.45) is 2.98. The maximum atomic E-state index is 10.9. The van der Waals surface area contributed by atoms with Crippen molar-refractivity contribution in [1.29, 1.82) is 0 Å². The number of hydrogen-bond acceptors (Lipinski definition) is 1. The molecule has 1 heterocycles. The van der Waals surface area contributed by atoms with E-state index in [2.05, 4.69) is 54.9 Å². The Hall–Kier alpha value is -2.35. The molecule has 0 radical (unpaired) electrons. The molecule has 0 unspecified atom stereocenters. The van der Waals surface area contributed by atoms with E-state index < -0.39 is 0 Å². The van der Waals surface area contributed by atoms with Gasteiger partial charge >= 0.3 is 0 Å². The van der Waals surface area contributed by atoms with E-state index in [1.54, 1.807) is 0 Å². The third-order valence-corrected chi connectivity index (χ3v) is 3.93. The summed E-state index contributed by atoms with van der Waals surface area (Å²) >= 11 is 0. The van der Waals surface area contributed by atoms with Crippen molar-refractivity contribution in [2.24, 2.45) is 0 Å². The molecular weight excluding hydrogens is 258 g/mol. The zero-order chi connectivity index (χ0) is 14.8. The Morgan fingerprint density at radius 3 is 2.48 bits per heavy atom. The molecule has 0 aliphatic rings. The molecule has 2 heteroatoms. The SMILES string of the molecule is CC(C)c1ccc(Cn2ccc3ccc(C=O)cc32)cc1. The van der Waals surface area contributed by atoms with Crippen molar-refractivity contribution in [3.8, 4) is 0 Å². The lowest BCUT2D eigenvalue weighted by Gasteiger charge is -2.09. The molecule has 1 aromatic heterocycles. The van der Waals surface area contributed by atoms with E-state index in [9.17, 15) is 4.79 Å². The van der Waals surface area contributed by atoms with Gasteiger partial charge in [-0.25, -0.2) is 0 Å². The van der Waals surface area contributed by atoms with Crippen LogP contribution in [0.2, 0.25) is 0 Å².